The molecule has 0 N–H and O–H groups in total. The molecule has 3 rings (SSSR count). The number of aromatic nitrogens is 1. The predicted octanol–water partition coefficient (Wildman–Crippen LogP) is 2.94. The second kappa shape index (κ2) is 6.25. The third kappa shape index (κ3) is 3.59. The molecule has 2 heterocycles. The molecule has 6 nitrogen and oxygen atoms in total. The summed E-state index contributed by atoms with van der Waals surface area (Å²) in [5.41, 5.74) is 0.628. The van der Waals surface area contributed by atoms with E-state index in [9.17, 15) is 12.8 Å². The molecule has 0 aliphatic carbocycles. The molecule has 0 fully saturated rings. The highest BCUT2D eigenvalue weighted by atomic mass is 32.2. The summed E-state index contributed by atoms with van der Waals surface area (Å²) in [6.07, 6.45) is 2.77. The van der Waals surface area contributed by atoms with Crippen molar-refractivity contribution in [2.45, 2.75) is 12.3 Å². The highest BCUT2D eigenvalue weighted by Crippen LogP contribution is 2.23. The molecular formula is C15H13FN2O4S. The number of benzene rings is 1. The van der Waals surface area contributed by atoms with Crippen molar-refractivity contribution >= 4 is 15.7 Å². The lowest BCUT2D eigenvalue weighted by Gasteiger charge is -2.23. The smallest absolute Gasteiger partial charge is 0.241 e. The van der Waals surface area contributed by atoms with Gasteiger partial charge < -0.3 is 8.94 Å². The summed E-state index contributed by atoms with van der Waals surface area (Å²) in [5.74, 6) is -0.305. The molecule has 0 aliphatic heterocycles. The average Bonchev–Trinajstić information content (AvgIpc) is 3.19. The number of nitrogens with zero attached hydrogens (tertiary/aromatic N) is 2. The first-order valence-electron chi connectivity index (χ1n) is 6.72. The van der Waals surface area contributed by atoms with Gasteiger partial charge in [-0.25, -0.2) is 12.8 Å². The third-order valence-electron chi connectivity index (χ3n) is 3.15. The Morgan fingerprint density at radius 3 is 2.48 bits per heavy atom. The van der Waals surface area contributed by atoms with Gasteiger partial charge in [0.05, 0.1) is 18.5 Å². The van der Waals surface area contributed by atoms with Crippen molar-refractivity contribution in [1.82, 2.24) is 5.16 Å². The Kier molecular flexibility index (Phi) is 4.16. The number of hydrogen-bond acceptors (Lipinski definition) is 5. The molecule has 0 radical (unpaired) electrons. The van der Waals surface area contributed by atoms with E-state index in [-0.39, 0.29) is 18.0 Å². The molecule has 23 heavy (non-hydrogen) atoms. The summed E-state index contributed by atoms with van der Waals surface area (Å²) in [6.45, 7) is -0.00117. The summed E-state index contributed by atoms with van der Waals surface area (Å²) in [4.78, 5) is 0. The van der Waals surface area contributed by atoms with E-state index in [1.165, 1.54) is 42.9 Å². The van der Waals surface area contributed by atoms with Gasteiger partial charge in [-0.15, -0.1) is 0 Å². The number of sulfonamides is 1. The lowest BCUT2D eigenvalue weighted by molar-refractivity contribution is 0.413. The minimum absolute atomic E-state index is 0.00117. The fourth-order valence-corrected chi connectivity index (χ4v) is 3.52. The van der Waals surface area contributed by atoms with Crippen molar-refractivity contribution in [3.8, 4) is 0 Å². The summed E-state index contributed by atoms with van der Waals surface area (Å²) >= 11 is 0. The average molecular weight is 336 g/mol. The Bertz CT molecular complexity index is 844. The zero-order chi connectivity index (χ0) is 16.3. The van der Waals surface area contributed by atoms with Crippen molar-refractivity contribution in [2.24, 2.45) is 0 Å². The van der Waals surface area contributed by atoms with Crippen LogP contribution >= 0.6 is 0 Å². The van der Waals surface area contributed by atoms with Crippen LogP contribution in [0.3, 0.4) is 0 Å². The quantitative estimate of drug-likeness (QED) is 0.692. The summed E-state index contributed by atoms with van der Waals surface area (Å²) in [5, 5.41) is 3.62. The summed E-state index contributed by atoms with van der Waals surface area (Å²) < 4.78 is 49.6. The van der Waals surface area contributed by atoms with Crippen LogP contribution in [-0.4, -0.2) is 13.6 Å². The normalized spacial score (nSPS) is 11.5. The number of rotatable bonds is 6. The van der Waals surface area contributed by atoms with Crippen LogP contribution in [0.5, 0.6) is 0 Å². The van der Waals surface area contributed by atoms with Gasteiger partial charge in [0.15, 0.2) is 0 Å². The van der Waals surface area contributed by atoms with Crippen LogP contribution in [0.25, 0.3) is 0 Å². The summed E-state index contributed by atoms with van der Waals surface area (Å²) in [6, 6.07) is 10.0. The lowest BCUT2D eigenvalue weighted by Crippen LogP contribution is -2.31. The van der Waals surface area contributed by atoms with Gasteiger partial charge in [-0.2, -0.15) is 0 Å². The lowest BCUT2D eigenvalue weighted by atomic mass is 10.3. The second-order valence-electron chi connectivity index (χ2n) is 4.81. The molecule has 0 aliphatic rings. The Morgan fingerprint density at radius 2 is 1.87 bits per heavy atom. The van der Waals surface area contributed by atoms with E-state index in [0.29, 0.717) is 11.4 Å². The molecule has 3 aromatic rings. The van der Waals surface area contributed by atoms with Gasteiger partial charge in [-0.1, -0.05) is 5.16 Å². The molecule has 0 amide bonds. The molecule has 120 valence electrons. The van der Waals surface area contributed by atoms with E-state index in [2.05, 4.69) is 9.68 Å². The van der Waals surface area contributed by atoms with Crippen molar-refractivity contribution in [2.75, 3.05) is 4.31 Å². The standard InChI is InChI=1S/C15H13FN2O4S/c16-12-3-5-14(6-4-12)18(10-15-2-1-8-21-15)23(19,20)11-13-7-9-22-17-13/h1-9H,10-11H2. The van der Waals surface area contributed by atoms with Crippen LogP contribution in [0.4, 0.5) is 10.1 Å². The largest absolute Gasteiger partial charge is 0.467 e. The highest BCUT2D eigenvalue weighted by molar-refractivity contribution is 7.92. The minimum atomic E-state index is -3.76. The molecule has 8 heteroatoms. The maximum atomic E-state index is 13.1. The molecule has 0 unspecified atom stereocenters. The van der Waals surface area contributed by atoms with E-state index in [0.717, 1.165) is 4.31 Å². The van der Waals surface area contributed by atoms with Gasteiger partial charge in [0, 0.05) is 6.07 Å². The van der Waals surface area contributed by atoms with Gasteiger partial charge in [-0.05, 0) is 36.4 Å². The number of anilines is 1. The first kappa shape index (κ1) is 15.3. The van der Waals surface area contributed by atoms with E-state index < -0.39 is 15.8 Å². The number of furan rings is 1. The van der Waals surface area contributed by atoms with Gasteiger partial charge in [0.2, 0.25) is 10.0 Å². The second-order valence-corrected chi connectivity index (χ2v) is 6.70. The highest BCUT2D eigenvalue weighted by Gasteiger charge is 2.25. The zero-order valence-electron chi connectivity index (χ0n) is 11.9. The summed E-state index contributed by atoms with van der Waals surface area (Å²) in [7, 11) is -3.76. The molecule has 0 spiro atoms. The van der Waals surface area contributed by atoms with Crippen LogP contribution in [0.15, 0.2) is 63.9 Å². The van der Waals surface area contributed by atoms with E-state index in [4.69, 9.17) is 4.42 Å². The van der Waals surface area contributed by atoms with Crippen LogP contribution in [-0.2, 0) is 22.3 Å². The van der Waals surface area contributed by atoms with Crippen molar-refractivity contribution in [1.29, 1.82) is 0 Å². The topological polar surface area (TPSA) is 76.6 Å². The van der Waals surface area contributed by atoms with Crippen LogP contribution in [0.1, 0.15) is 11.5 Å². The van der Waals surface area contributed by atoms with Crippen molar-refractivity contribution < 1.29 is 21.7 Å². The van der Waals surface area contributed by atoms with Gasteiger partial charge in [-0.3, -0.25) is 4.31 Å². The van der Waals surface area contributed by atoms with Crippen LogP contribution in [0, 0.1) is 5.82 Å². The SMILES string of the molecule is O=S(=O)(Cc1ccon1)N(Cc1ccco1)c1ccc(F)cc1. The molecular weight excluding hydrogens is 323 g/mol. The fraction of sp³-hybridized carbons (Fsp3) is 0.133. The maximum absolute atomic E-state index is 13.1. The van der Waals surface area contributed by atoms with Gasteiger partial charge in [0.1, 0.15) is 29.3 Å². The molecule has 0 atom stereocenters. The zero-order valence-corrected chi connectivity index (χ0v) is 12.7. The van der Waals surface area contributed by atoms with Crippen molar-refractivity contribution in [3.05, 3.63) is 72.3 Å². The Balaban J connectivity index is 1.95. The Labute approximate surface area is 132 Å². The molecule has 1 aromatic carbocycles. The first-order valence-corrected chi connectivity index (χ1v) is 8.33. The molecule has 2 aromatic heterocycles. The Morgan fingerprint density at radius 1 is 1.09 bits per heavy atom. The first-order chi connectivity index (χ1) is 11.0. The predicted molar refractivity (Wildman–Crippen MR) is 80.4 cm³/mol. The third-order valence-corrected chi connectivity index (χ3v) is 4.82. The van der Waals surface area contributed by atoms with E-state index in [1.807, 2.05) is 0 Å². The van der Waals surface area contributed by atoms with Crippen molar-refractivity contribution in [3.63, 3.8) is 0 Å². The van der Waals surface area contributed by atoms with E-state index in [1.54, 1.807) is 12.1 Å². The Hall–Kier alpha value is -2.61. The maximum Gasteiger partial charge on any atom is 0.241 e. The van der Waals surface area contributed by atoms with Gasteiger partial charge >= 0.3 is 0 Å². The minimum Gasteiger partial charge on any atom is -0.467 e. The number of hydrogen-bond donors (Lipinski definition) is 0. The van der Waals surface area contributed by atoms with Gasteiger partial charge in [0.25, 0.3) is 0 Å². The number of halogens is 1. The van der Waals surface area contributed by atoms with Crippen LogP contribution in [0.2, 0.25) is 0 Å². The fourth-order valence-electron chi connectivity index (χ4n) is 2.08. The molecule has 0 bridgehead atoms. The molecule has 0 saturated carbocycles. The van der Waals surface area contributed by atoms with Crippen LogP contribution < -0.4 is 4.31 Å². The van der Waals surface area contributed by atoms with E-state index >= 15 is 0 Å². The monoisotopic (exact) mass is 336 g/mol. The molecule has 0 saturated heterocycles.